The summed E-state index contributed by atoms with van der Waals surface area (Å²) < 4.78 is 26.4. The molecule has 4 aromatic rings. The minimum absolute atomic E-state index is 0.0538. The molecule has 39 heavy (non-hydrogen) atoms. The van der Waals surface area contributed by atoms with Gasteiger partial charge in [0.15, 0.2) is 5.82 Å². The first-order chi connectivity index (χ1) is 18.9. The van der Waals surface area contributed by atoms with Crippen LogP contribution in [-0.2, 0) is 11.3 Å². The standard InChI is InChI=1S/C28H28FN5O5/c1-3-4-8-17-32(22-14-9-13-21(18-22)26(35)39-19-20-11-6-5-7-12-20)27(36)34-28(37)33(30-31-34)25-23(29)15-10-16-24(25)38-2/h5-7,9-16,18H,3-4,8,17,19H2,1-2H3. The second kappa shape index (κ2) is 12.6. The predicted octanol–water partition coefficient (Wildman–Crippen LogP) is 4.60. The maximum Gasteiger partial charge on any atom is 0.377 e. The van der Waals surface area contributed by atoms with Crippen LogP contribution in [0.3, 0.4) is 0 Å². The molecular weight excluding hydrogens is 505 g/mol. The van der Waals surface area contributed by atoms with Gasteiger partial charge in [0, 0.05) is 12.2 Å². The van der Waals surface area contributed by atoms with Crippen molar-refractivity contribution >= 4 is 17.7 Å². The van der Waals surface area contributed by atoms with Crippen LogP contribution in [0.15, 0.2) is 77.6 Å². The highest BCUT2D eigenvalue weighted by atomic mass is 19.1. The van der Waals surface area contributed by atoms with E-state index in [0.29, 0.717) is 21.5 Å². The third-order valence-electron chi connectivity index (χ3n) is 5.97. The molecule has 0 bridgehead atoms. The van der Waals surface area contributed by atoms with E-state index >= 15 is 0 Å². The number of unbranched alkanes of at least 4 members (excludes halogenated alkanes) is 2. The molecule has 10 nitrogen and oxygen atoms in total. The molecule has 1 aromatic heterocycles. The Labute approximate surface area is 224 Å². The number of aromatic nitrogens is 4. The average molecular weight is 534 g/mol. The van der Waals surface area contributed by atoms with Gasteiger partial charge in [0.2, 0.25) is 0 Å². The van der Waals surface area contributed by atoms with Crippen molar-refractivity contribution in [2.75, 3.05) is 18.6 Å². The van der Waals surface area contributed by atoms with Crippen LogP contribution in [0.1, 0.15) is 42.1 Å². The first-order valence-electron chi connectivity index (χ1n) is 12.5. The number of hydrogen-bond acceptors (Lipinski definition) is 7. The summed E-state index contributed by atoms with van der Waals surface area (Å²) in [4.78, 5) is 40.8. The van der Waals surface area contributed by atoms with Gasteiger partial charge in [-0.3, -0.25) is 4.90 Å². The van der Waals surface area contributed by atoms with Crippen molar-refractivity contribution in [2.45, 2.75) is 32.8 Å². The smallest absolute Gasteiger partial charge is 0.377 e. The van der Waals surface area contributed by atoms with Crippen LogP contribution in [0, 0.1) is 5.82 Å². The van der Waals surface area contributed by atoms with Gasteiger partial charge in [-0.25, -0.2) is 18.8 Å². The van der Waals surface area contributed by atoms with Gasteiger partial charge in [-0.1, -0.05) is 62.2 Å². The molecule has 202 valence electrons. The molecule has 0 saturated heterocycles. The van der Waals surface area contributed by atoms with Crippen molar-refractivity contribution in [2.24, 2.45) is 0 Å². The van der Waals surface area contributed by atoms with Gasteiger partial charge in [0.25, 0.3) is 0 Å². The Kier molecular flexibility index (Phi) is 8.82. The number of ether oxygens (including phenoxy) is 2. The van der Waals surface area contributed by atoms with Crippen LogP contribution >= 0.6 is 0 Å². The average Bonchev–Trinajstić information content (AvgIpc) is 3.34. The summed E-state index contributed by atoms with van der Waals surface area (Å²) in [5, 5.41) is 7.44. The SMILES string of the molecule is CCCCCN(C(=O)n1nnn(-c2c(F)cccc2OC)c1=O)c1cccc(C(=O)OCc2ccccc2)c1. The summed E-state index contributed by atoms with van der Waals surface area (Å²) in [5.74, 6) is -1.27. The van der Waals surface area contributed by atoms with E-state index in [1.165, 1.54) is 30.2 Å². The van der Waals surface area contributed by atoms with Crippen LogP contribution < -0.4 is 15.3 Å². The Morgan fingerprint density at radius 2 is 1.74 bits per heavy atom. The molecule has 0 aliphatic carbocycles. The Morgan fingerprint density at radius 3 is 2.49 bits per heavy atom. The monoisotopic (exact) mass is 533 g/mol. The summed E-state index contributed by atoms with van der Waals surface area (Å²) in [5.41, 5.74) is 0.221. The zero-order valence-electron chi connectivity index (χ0n) is 21.6. The normalized spacial score (nSPS) is 10.7. The number of rotatable bonds is 10. The van der Waals surface area contributed by atoms with Crippen LogP contribution in [0.5, 0.6) is 5.75 Å². The molecule has 1 heterocycles. The van der Waals surface area contributed by atoms with Gasteiger partial charge < -0.3 is 9.47 Å². The summed E-state index contributed by atoms with van der Waals surface area (Å²) in [6.45, 7) is 2.37. The number of halogens is 1. The Balaban J connectivity index is 1.63. The zero-order valence-corrected chi connectivity index (χ0v) is 21.6. The van der Waals surface area contributed by atoms with Crippen molar-refractivity contribution in [3.63, 3.8) is 0 Å². The molecule has 1 amide bonds. The van der Waals surface area contributed by atoms with Crippen molar-refractivity contribution < 1.29 is 23.5 Å². The minimum Gasteiger partial charge on any atom is -0.494 e. The van der Waals surface area contributed by atoms with Crippen LogP contribution in [0.4, 0.5) is 14.9 Å². The van der Waals surface area contributed by atoms with Crippen molar-refractivity contribution in [1.29, 1.82) is 0 Å². The lowest BCUT2D eigenvalue weighted by Crippen LogP contribution is -2.41. The van der Waals surface area contributed by atoms with E-state index in [1.54, 1.807) is 18.2 Å². The number of nitrogens with zero attached hydrogens (tertiary/aromatic N) is 5. The van der Waals surface area contributed by atoms with Crippen molar-refractivity contribution in [3.8, 4) is 11.4 Å². The van der Waals surface area contributed by atoms with Gasteiger partial charge >= 0.3 is 17.7 Å². The molecule has 0 saturated carbocycles. The number of esters is 1. The van der Waals surface area contributed by atoms with E-state index < -0.39 is 23.5 Å². The molecule has 0 aliphatic heterocycles. The van der Waals surface area contributed by atoms with Crippen LogP contribution in [-0.4, -0.2) is 45.4 Å². The van der Waals surface area contributed by atoms with E-state index in [-0.39, 0.29) is 30.2 Å². The number of para-hydroxylation sites is 1. The van der Waals surface area contributed by atoms with Gasteiger partial charge in [-0.2, -0.15) is 4.68 Å². The molecule has 0 fully saturated rings. The fourth-order valence-electron chi connectivity index (χ4n) is 3.95. The van der Waals surface area contributed by atoms with Crippen molar-refractivity contribution in [3.05, 3.63) is 100 Å². The van der Waals surface area contributed by atoms with E-state index in [0.717, 1.165) is 24.5 Å². The van der Waals surface area contributed by atoms with E-state index in [9.17, 15) is 18.8 Å². The second-order valence-corrected chi connectivity index (χ2v) is 8.63. The van der Waals surface area contributed by atoms with Crippen LogP contribution in [0.2, 0.25) is 0 Å². The third kappa shape index (κ3) is 6.20. The summed E-state index contributed by atoms with van der Waals surface area (Å²) in [6.07, 6.45) is 2.36. The highest BCUT2D eigenvalue weighted by molar-refractivity contribution is 5.96. The molecule has 0 aliphatic rings. The largest absolute Gasteiger partial charge is 0.494 e. The molecule has 0 N–H and O–H groups in total. The minimum atomic E-state index is -0.970. The first kappa shape index (κ1) is 27.2. The van der Waals surface area contributed by atoms with Gasteiger partial charge in [0.1, 0.15) is 18.0 Å². The molecule has 0 unspecified atom stereocenters. The topological polar surface area (TPSA) is 109 Å². The number of benzene rings is 3. The molecular formula is C28H28FN5O5. The summed E-state index contributed by atoms with van der Waals surface area (Å²) >= 11 is 0. The lowest BCUT2D eigenvalue weighted by molar-refractivity contribution is 0.0472. The molecule has 11 heteroatoms. The van der Waals surface area contributed by atoms with Gasteiger partial charge in [0.05, 0.1) is 12.7 Å². The van der Waals surface area contributed by atoms with Crippen molar-refractivity contribution in [1.82, 2.24) is 19.8 Å². The quantitative estimate of drug-likeness (QED) is 0.167. The number of tetrazole rings is 1. The molecule has 3 aromatic carbocycles. The summed E-state index contributed by atoms with van der Waals surface area (Å²) in [7, 11) is 1.33. The predicted molar refractivity (Wildman–Crippen MR) is 142 cm³/mol. The second-order valence-electron chi connectivity index (χ2n) is 8.63. The summed E-state index contributed by atoms with van der Waals surface area (Å²) in [6, 6.07) is 18.9. The van der Waals surface area contributed by atoms with Gasteiger partial charge in [-0.15, -0.1) is 4.68 Å². The number of methoxy groups -OCH3 is 1. The molecule has 0 atom stereocenters. The maximum absolute atomic E-state index is 14.6. The fraction of sp³-hybridized carbons (Fsp3) is 0.250. The number of carbonyl (C=O) groups is 2. The number of carbonyl (C=O) groups excluding carboxylic acids is 2. The first-order valence-corrected chi connectivity index (χ1v) is 12.5. The Hall–Kier alpha value is -4.80. The van der Waals surface area contributed by atoms with Crippen LogP contribution in [0.25, 0.3) is 5.69 Å². The lowest BCUT2D eigenvalue weighted by atomic mass is 10.1. The van der Waals surface area contributed by atoms with E-state index in [2.05, 4.69) is 10.4 Å². The molecule has 4 rings (SSSR count). The van der Waals surface area contributed by atoms with E-state index in [4.69, 9.17) is 9.47 Å². The number of hydrogen-bond donors (Lipinski definition) is 0. The van der Waals surface area contributed by atoms with Gasteiger partial charge in [-0.05, 0) is 52.7 Å². The maximum atomic E-state index is 14.6. The number of anilines is 1. The highest BCUT2D eigenvalue weighted by Gasteiger charge is 2.25. The fourth-order valence-corrected chi connectivity index (χ4v) is 3.95. The molecule has 0 spiro atoms. The number of amides is 1. The Morgan fingerprint density at radius 1 is 0.974 bits per heavy atom. The molecule has 0 radical (unpaired) electrons. The van der Waals surface area contributed by atoms with E-state index in [1.807, 2.05) is 37.3 Å². The zero-order chi connectivity index (χ0) is 27.8. The highest BCUT2D eigenvalue weighted by Crippen LogP contribution is 2.24. The lowest BCUT2D eigenvalue weighted by Gasteiger charge is -2.22. The Bertz CT molecular complexity index is 1500. The third-order valence-corrected chi connectivity index (χ3v) is 5.97.